The molecule has 2 aliphatic carbocycles. The topological polar surface area (TPSA) is 96.5 Å². The Hall–Kier alpha value is -4.14. The van der Waals surface area contributed by atoms with Crippen LogP contribution in [0.15, 0.2) is 61.1 Å². The van der Waals surface area contributed by atoms with E-state index in [4.69, 9.17) is 9.47 Å². The molecule has 45 heavy (non-hydrogen) atoms. The van der Waals surface area contributed by atoms with Gasteiger partial charge >= 0.3 is 5.97 Å². The fourth-order valence-corrected chi connectivity index (χ4v) is 8.97. The lowest BCUT2D eigenvalue weighted by Crippen LogP contribution is -2.64. The number of piperidine rings is 1. The van der Waals surface area contributed by atoms with E-state index in [1.165, 1.54) is 5.56 Å². The zero-order valence-corrected chi connectivity index (χ0v) is 26.3. The van der Waals surface area contributed by atoms with Crippen LogP contribution < -0.4 is 4.74 Å². The predicted octanol–water partition coefficient (Wildman–Crippen LogP) is 5.54. The van der Waals surface area contributed by atoms with Gasteiger partial charge in [-0.2, -0.15) is 0 Å². The van der Waals surface area contributed by atoms with Gasteiger partial charge in [-0.15, -0.1) is 0 Å². The summed E-state index contributed by atoms with van der Waals surface area (Å²) in [5.74, 6) is 0.283. The van der Waals surface area contributed by atoms with Crippen molar-refractivity contribution in [1.82, 2.24) is 14.3 Å². The first-order valence-corrected chi connectivity index (χ1v) is 16.0. The second-order valence-electron chi connectivity index (χ2n) is 13.7. The van der Waals surface area contributed by atoms with Gasteiger partial charge in [0.05, 0.1) is 11.7 Å². The molecule has 4 aliphatic rings. The highest BCUT2D eigenvalue weighted by molar-refractivity contribution is 5.93. The molecule has 8 heteroatoms. The Bertz CT molecular complexity index is 1900. The minimum atomic E-state index is -0.736. The fraction of sp³-hybridized carbons (Fsp3) is 0.405. The molecule has 0 radical (unpaired) electrons. The molecule has 0 saturated carbocycles. The van der Waals surface area contributed by atoms with Crippen LogP contribution in [0, 0.1) is 12.8 Å². The lowest BCUT2D eigenvalue weighted by atomic mass is 9.52. The van der Waals surface area contributed by atoms with Crippen molar-refractivity contribution in [2.24, 2.45) is 5.92 Å². The lowest BCUT2D eigenvalue weighted by molar-refractivity contribution is -0.0454. The Morgan fingerprint density at radius 1 is 1.18 bits per heavy atom. The van der Waals surface area contributed by atoms with Crippen LogP contribution in [0.2, 0.25) is 0 Å². The molecule has 8 rings (SSSR count). The molecule has 8 nitrogen and oxygen atoms in total. The number of phenols is 1. The average Bonchev–Trinajstić information content (AvgIpc) is 3.60. The summed E-state index contributed by atoms with van der Waals surface area (Å²) in [6.45, 7) is 8.77. The standard InChI is InChI=1S/C37H39N3O5/c1-19(2)44-36(43)26-14-24-13-23(22-7-6-11-38-17-22)18-40(24)33(21(26)4)20(3)25-16-31(42)34-32-27(25)15-29-28-8-9-30(41)35(45-34)37(28,32)10-12-39(29)5/h6-9,11,13-14,16-20,28-30,35,41-42H,10,12,15H2,1-5H3/t20?,28-,29+,30-,35-,37-/m0/s1. The number of rotatable bonds is 5. The summed E-state index contributed by atoms with van der Waals surface area (Å²) in [6, 6.07) is 10.1. The smallest absolute Gasteiger partial charge is 0.338 e. The Morgan fingerprint density at radius 3 is 2.76 bits per heavy atom. The van der Waals surface area contributed by atoms with Crippen LogP contribution in [0.25, 0.3) is 16.6 Å². The normalized spacial score (nSPS) is 27.0. The van der Waals surface area contributed by atoms with Crippen molar-refractivity contribution in [3.05, 3.63) is 94.6 Å². The minimum absolute atomic E-state index is 0.107. The van der Waals surface area contributed by atoms with E-state index in [1.807, 2.05) is 57.3 Å². The molecule has 3 aromatic heterocycles. The SMILES string of the molecule is Cc1c(C(=O)OC(C)C)cc2cc(-c3cccnc3)cn2c1C(C)c1cc(O)c2c3c1C[C@@H]1[C@@H]4C=C[C@H](O)[C@H](O2)[C@]34CCN1C. The molecule has 5 heterocycles. The molecule has 1 spiro atoms. The van der Waals surface area contributed by atoms with Crippen LogP contribution in [0.4, 0.5) is 0 Å². The first kappa shape index (κ1) is 28.3. The first-order valence-electron chi connectivity index (χ1n) is 16.0. The van der Waals surface area contributed by atoms with E-state index in [1.54, 1.807) is 6.20 Å². The monoisotopic (exact) mass is 605 g/mol. The van der Waals surface area contributed by atoms with E-state index in [9.17, 15) is 15.0 Å². The van der Waals surface area contributed by atoms with Crippen LogP contribution in [0.5, 0.6) is 11.5 Å². The summed E-state index contributed by atoms with van der Waals surface area (Å²) in [4.78, 5) is 20.2. The van der Waals surface area contributed by atoms with E-state index < -0.39 is 17.6 Å². The van der Waals surface area contributed by atoms with Gasteiger partial charge in [-0.05, 0) is 88.2 Å². The van der Waals surface area contributed by atoms with Gasteiger partial charge in [0.2, 0.25) is 0 Å². The molecular weight excluding hydrogens is 566 g/mol. The molecule has 0 amide bonds. The number of nitrogens with zero attached hydrogens (tertiary/aromatic N) is 3. The van der Waals surface area contributed by atoms with Crippen molar-refractivity contribution in [1.29, 1.82) is 0 Å². The molecule has 1 fully saturated rings. The van der Waals surface area contributed by atoms with Gasteiger partial charge in [0.25, 0.3) is 0 Å². The number of hydrogen-bond donors (Lipinski definition) is 2. The van der Waals surface area contributed by atoms with E-state index in [-0.39, 0.29) is 35.7 Å². The number of aromatic nitrogens is 2. The predicted molar refractivity (Wildman–Crippen MR) is 171 cm³/mol. The molecule has 1 saturated heterocycles. The maximum absolute atomic E-state index is 13.5. The minimum Gasteiger partial charge on any atom is -0.504 e. The molecule has 2 aliphatic heterocycles. The number of benzene rings is 1. The van der Waals surface area contributed by atoms with Crippen molar-refractivity contribution >= 4 is 11.5 Å². The average molecular weight is 606 g/mol. The van der Waals surface area contributed by atoms with Gasteiger partial charge in [-0.3, -0.25) is 4.98 Å². The number of aliphatic hydroxyl groups is 1. The summed E-state index contributed by atoms with van der Waals surface area (Å²) in [6.07, 6.45) is 10.0. The molecule has 1 aromatic carbocycles. The van der Waals surface area contributed by atoms with Gasteiger partial charge in [0.1, 0.15) is 12.2 Å². The Morgan fingerprint density at radius 2 is 2.00 bits per heavy atom. The number of likely N-dealkylation sites (N-methyl/N-ethyl adjacent to an activating group) is 1. The molecule has 2 bridgehead atoms. The highest BCUT2D eigenvalue weighted by atomic mass is 16.5. The number of aliphatic hydroxyl groups excluding tert-OH is 1. The van der Waals surface area contributed by atoms with Gasteiger partial charge in [-0.1, -0.05) is 25.1 Å². The summed E-state index contributed by atoms with van der Waals surface area (Å²) in [7, 11) is 2.19. The number of likely N-dealkylation sites (tertiary alicyclic amines) is 1. The van der Waals surface area contributed by atoms with E-state index >= 15 is 0 Å². The highest BCUT2D eigenvalue weighted by Gasteiger charge is 2.64. The third-order valence-electron chi connectivity index (χ3n) is 10.9. The Labute approximate surface area is 262 Å². The quantitative estimate of drug-likeness (QED) is 0.228. The third kappa shape index (κ3) is 3.91. The number of phenolic OH excluding ortho intramolecular Hbond substituents is 1. The summed E-state index contributed by atoms with van der Waals surface area (Å²) >= 11 is 0. The summed E-state index contributed by atoms with van der Waals surface area (Å²) in [5, 5.41) is 22.7. The molecule has 1 unspecified atom stereocenters. The number of hydrogen-bond acceptors (Lipinski definition) is 7. The molecule has 232 valence electrons. The lowest BCUT2D eigenvalue weighted by Gasteiger charge is -2.56. The van der Waals surface area contributed by atoms with Crippen molar-refractivity contribution in [2.75, 3.05) is 13.6 Å². The molecular formula is C37H39N3O5. The van der Waals surface area contributed by atoms with Crippen LogP contribution in [0.1, 0.15) is 71.4 Å². The zero-order chi connectivity index (χ0) is 31.4. The molecule has 6 atom stereocenters. The number of aromatic hydroxyl groups is 1. The maximum atomic E-state index is 13.5. The number of esters is 1. The number of ether oxygens (including phenoxy) is 2. The van der Waals surface area contributed by atoms with Crippen LogP contribution >= 0.6 is 0 Å². The van der Waals surface area contributed by atoms with Gasteiger partial charge < -0.3 is 29.0 Å². The molecule has 2 N–H and O–H groups in total. The Balaban J connectivity index is 1.36. The largest absolute Gasteiger partial charge is 0.504 e. The van der Waals surface area contributed by atoms with Crippen molar-refractivity contribution in [3.63, 3.8) is 0 Å². The second kappa shape index (κ2) is 9.93. The number of pyridine rings is 2. The highest BCUT2D eigenvalue weighted by Crippen LogP contribution is 2.63. The van der Waals surface area contributed by atoms with Gasteiger partial charge in [0, 0.05) is 69.8 Å². The maximum Gasteiger partial charge on any atom is 0.338 e. The first-order chi connectivity index (χ1) is 21.6. The van der Waals surface area contributed by atoms with Crippen LogP contribution in [0.3, 0.4) is 0 Å². The van der Waals surface area contributed by atoms with Gasteiger partial charge in [-0.25, -0.2) is 4.79 Å². The van der Waals surface area contributed by atoms with E-state index in [0.717, 1.165) is 58.4 Å². The van der Waals surface area contributed by atoms with Crippen LogP contribution in [-0.4, -0.2) is 68.4 Å². The number of fused-ring (bicyclic) bond motifs is 1. The zero-order valence-electron chi connectivity index (χ0n) is 26.3. The second-order valence-corrected chi connectivity index (χ2v) is 13.7. The van der Waals surface area contributed by atoms with E-state index in [2.05, 4.69) is 46.6 Å². The Kier molecular flexibility index (Phi) is 6.25. The van der Waals surface area contributed by atoms with Crippen molar-refractivity contribution in [2.45, 2.75) is 76.2 Å². The summed E-state index contributed by atoms with van der Waals surface area (Å²) in [5.41, 5.74) is 8.10. The van der Waals surface area contributed by atoms with Crippen LogP contribution in [-0.2, 0) is 16.6 Å². The fourth-order valence-electron chi connectivity index (χ4n) is 8.97. The number of carbonyl (C=O) groups is 1. The van der Waals surface area contributed by atoms with Crippen molar-refractivity contribution < 1.29 is 24.5 Å². The van der Waals surface area contributed by atoms with Gasteiger partial charge in [0.15, 0.2) is 11.5 Å². The molecule has 4 aromatic rings. The van der Waals surface area contributed by atoms with Crippen molar-refractivity contribution in [3.8, 4) is 22.6 Å². The van der Waals surface area contributed by atoms with E-state index in [0.29, 0.717) is 11.3 Å². The third-order valence-corrected chi connectivity index (χ3v) is 10.9. The number of carbonyl (C=O) groups excluding carboxylic acids is 1. The summed E-state index contributed by atoms with van der Waals surface area (Å²) < 4.78 is 14.4.